The number of aryl methyl sites for hydroxylation is 1. The molecule has 2 aliphatic rings. The largest absolute Gasteiger partial charge is 0.478 e. The fourth-order valence-corrected chi connectivity index (χ4v) is 5.24. The van der Waals surface area contributed by atoms with E-state index in [0.29, 0.717) is 10.6 Å². The molecule has 1 aromatic carbocycles. The molecule has 1 aliphatic heterocycles. The van der Waals surface area contributed by atoms with E-state index in [9.17, 15) is 14.7 Å². The lowest BCUT2D eigenvalue weighted by atomic mass is 9.95. The van der Waals surface area contributed by atoms with E-state index in [1.54, 1.807) is 0 Å². The van der Waals surface area contributed by atoms with E-state index in [0.717, 1.165) is 55.6 Å². The fourth-order valence-electron chi connectivity index (χ4n) is 3.94. The average Bonchev–Trinajstić information content (AvgIpc) is 2.99. The summed E-state index contributed by atoms with van der Waals surface area (Å²) in [6.45, 7) is 1.89. The Hall–Kier alpha value is -2.18. The normalized spacial score (nSPS) is 16.6. The number of carbonyl (C=O) groups excluding carboxylic acids is 1. The lowest BCUT2D eigenvalue weighted by Crippen LogP contribution is -2.37. The third-order valence-electron chi connectivity index (χ3n) is 5.22. The molecule has 136 valence electrons. The molecule has 0 bridgehead atoms. The zero-order valence-electron chi connectivity index (χ0n) is 14.6. The van der Waals surface area contributed by atoms with Gasteiger partial charge in [0.05, 0.1) is 12.1 Å². The highest BCUT2D eigenvalue weighted by molar-refractivity contribution is 7.17. The van der Waals surface area contributed by atoms with Crippen LogP contribution in [-0.4, -0.2) is 35.0 Å². The standard InChI is InChI=1S/C20H22N2O3S/c23-17(12-22-10-9-13-5-1-2-6-14(13)11-22)21-19-18(20(24)25)15-7-3-4-8-16(15)26-19/h1-2,5-6H,3-4,7-12H2,(H,21,23)(H,24,25). The van der Waals surface area contributed by atoms with E-state index in [4.69, 9.17) is 0 Å². The van der Waals surface area contributed by atoms with Crippen molar-refractivity contribution >= 4 is 28.2 Å². The van der Waals surface area contributed by atoms with Crippen LogP contribution >= 0.6 is 11.3 Å². The van der Waals surface area contributed by atoms with Crippen molar-refractivity contribution in [2.75, 3.05) is 18.4 Å². The quantitative estimate of drug-likeness (QED) is 0.866. The van der Waals surface area contributed by atoms with Crippen molar-refractivity contribution < 1.29 is 14.7 Å². The van der Waals surface area contributed by atoms with Gasteiger partial charge in [0.25, 0.3) is 0 Å². The van der Waals surface area contributed by atoms with Crippen LogP contribution in [0.3, 0.4) is 0 Å². The van der Waals surface area contributed by atoms with E-state index in [1.165, 1.54) is 22.5 Å². The van der Waals surface area contributed by atoms with E-state index < -0.39 is 5.97 Å². The second-order valence-electron chi connectivity index (χ2n) is 7.00. The Kier molecular flexibility index (Phi) is 4.78. The van der Waals surface area contributed by atoms with Gasteiger partial charge in [-0.05, 0) is 48.8 Å². The summed E-state index contributed by atoms with van der Waals surface area (Å²) in [5, 5.41) is 13.0. The lowest BCUT2D eigenvalue weighted by molar-refractivity contribution is -0.117. The maximum absolute atomic E-state index is 12.5. The lowest BCUT2D eigenvalue weighted by Gasteiger charge is -2.28. The monoisotopic (exact) mass is 370 g/mol. The first-order valence-corrected chi connectivity index (χ1v) is 9.90. The highest BCUT2D eigenvalue weighted by atomic mass is 32.1. The predicted molar refractivity (Wildman–Crippen MR) is 102 cm³/mol. The van der Waals surface area contributed by atoms with Crippen molar-refractivity contribution in [3.8, 4) is 0 Å². The summed E-state index contributed by atoms with van der Waals surface area (Å²) in [6.07, 6.45) is 4.76. The maximum atomic E-state index is 12.5. The molecule has 1 aromatic heterocycles. The van der Waals surface area contributed by atoms with Crippen LogP contribution in [0.25, 0.3) is 0 Å². The molecule has 1 aliphatic carbocycles. The second kappa shape index (κ2) is 7.21. The topological polar surface area (TPSA) is 69.6 Å². The minimum Gasteiger partial charge on any atom is -0.478 e. The van der Waals surface area contributed by atoms with Gasteiger partial charge >= 0.3 is 5.97 Å². The molecule has 0 saturated heterocycles. The highest BCUT2D eigenvalue weighted by Crippen LogP contribution is 2.38. The van der Waals surface area contributed by atoms with Gasteiger partial charge in [-0.25, -0.2) is 4.79 Å². The number of aromatic carboxylic acids is 1. The SMILES string of the molecule is O=C(CN1CCc2ccccc2C1)Nc1sc2c(c1C(=O)O)CCCC2. The Labute approximate surface area is 156 Å². The number of carboxylic acid groups (broad SMARTS) is 1. The molecule has 6 heteroatoms. The number of nitrogens with one attached hydrogen (secondary N) is 1. The number of nitrogens with zero attached hydrogens (tertiary/aromatic N) is 1. The van der Waals surface area contributed by atoms with Gasteiger partial charge in [-0.2, -0.15) is 0 Å². The maximum Gasteiger partial charge on any atom is 0.339 e. The summed E-state index contributed by atoms with van der Waals surface area (Å²) in [6, 6.07) is 8.32. The van der Waals surface area contributed by atoms with Gasteiger partial charge in [0.1, 0.15) is 5.00 Å². The minimum atomic E-state index is -0.938. The van der Waals surface area contributed by atoms with Crippen LogP contribution in [0.1, 0.15) is 44.8 Å². The summed E-state index contributed by atoms with van der Waals surface area (Å²) in [4.78, 5) is 27.5. The number of carbonyl (C=O) groups is 2. The summed E-state index contributed by atoms with van der Waals surface area (Å²) in [5.74, 6) is -1.07. The highest BCUT2D eigenvalue weighted by Gasteiger charge is 2.26. The first-order valence-electron chi connectivity index (χ1n) is 9.08. The smallest absolute Gasteiger partial charge is 0.339 e. The molecule has 1 amide bonds. The molecule has 5 nitrogen and oxygen atoms in total. The molecule has 0 saturated carbocycles. The molecule has 0 fully saturated rings. The van der Waals surface area contributed by atoms with Gasteiger partial charge in [0, 0.05) is 18.0 Å². The minimum absolute atomic E-state index is 0.134. The van der Waals surface area contributed by atoms with E-state index in [2.05, 4.69) is 22.3 Å². The van der Waals surface area contributed by atoms with E-state index >= 15 is 0 Å². The fraction of sp³-hybridized carbons (Fsp3) is 0.400. The Balaban J connectivity index is 1.46. The van der Waals surface area contributed by atoms with Crippen LogP contribution in [0, 0.1) is 0 Å². The molecule has 0 atom stereocenters. The van der Waals surface area contributed by atoms with Gasteiger partial charge in [-0.1, -0.05) is 24.3 Å². The Morgan fingerprint density at radius 3 is 2.69 bits per heavy atom. The number of rotatable bonds is 4. The third-order valence-corrected chi connectivity index (χ3v) is 6.42. The molecule has 4 rings (SSSR count). The number of benzene rings is 1. The zero-order chi connectivity index (χ0) is 18.1. The van der Waals surface area contributed by atoms with Gasteiger partial charge in [0.15, 0.2) is 0 Å². The number of hydrogen-bond donors (Lipinski definition) is 2. The average molecular weight is 370 g/mol. The van der Waals surface area contributed by atoms with Crippen LogP contribution < -0.4 is 5.32 Å². The molecule has 0 spiro atoms. The molecule has 0 radical (unpaired) electrons. The van der Waals surface area contributed by atoms with Crippen molar-refractivity contribution in [2.45, 2.75) is 38.6 Å². The second-order valence-corrected chi connectivity index (χ2v) is 8.10. The summed E-state index contributed by atoms with van der Waals surface area (Å²) in [7, 11) is 0. The van der Waals surface area contributed by atoms with Crippen LogP contribution in [0.4, 0.5) is 5.00 Å². The predicted octanol–water partition coefficient (Wildman–Crippen LogP) is 3.32. The van der Waals surface area contributed by atoms with Crippen LogP contribution in [0.2, 0.25) is 0 Å². The summed E-state index contributed by atoms with van der Waals surface area (Å²) >= 11 is 1.44. The van der Waals surface area contributed by atoms with Crippen LogP contribution in [0.5, 0.6) is 0 Å². The molecule has 0 unspecified atom stereocenters. The van der Waals surface area contributed by atoms with Crippen LogP contribution in [-0.2, 0) is 30.6 Å². The first kappa shape index (κ1) is 17.2. The number of amides is 1. The van der Waals surface area contributed by atoms with E-state index in [1.807, 2.05) is 12.1 Å². The van der Waals surface area contributed by atoms with Gasteiger partial charge in [-0.3, -0.25) is 9.69 Å². The number of fused-ring (bicyclic) bond motifs is 2. The third kappa shape index (κ3) is 3.39. The molecule has 2 heterocycles. The van der Waals surface area contributed by atoms with Gasteiger partial charge < -0.3 is 10.4 Å². The van der Waals surface area contributed by atoms with Crippen molar-refractivity contribution in [2.24, 2.45) is 0 Å². The summed E-state index contributed by atoms with van der Waals surface area (Å²) < 4.78 is 0. The van der Waals surface area contributed by atoms with Crippen molar-refractivity contribution in [1.82, 2.24) is 4.90 Å². The Morgan fingerprint density at radius 2 is 1.88 bits per heavy atom. The first-order chi connectivity index (χ1) is 12.6. The Bertz CT molecular complexity index is 859. The van der Waals surface area contributed by atoms with Crippen molar-refractivity contribution in [1.29, 1.82) is 0 Å². The molecule has 2 N–H and O–H groups in total. The summed E-state index contributed by atoms with van der Waals surface area (Å²) in [5.41, 5.74) is 3.85. The molecular formula is C20H22N2O3S. The number of anilines is 1. The Morgan fingerprint density at radius 1 is 1.12 bits per heavy atom. The number of thiophene rings is 1. The molecule has 2 aromatic rings. The van der Waals surface area contributed by atoms with Crippen LogP contribution in [0.15, 0.2) is 24.3 Å². The van der Waals surface area contributed by atoms with Crippen molar-refractivity contribution in [3.05, 3.63) is 51.4 Å². The zero-order valence-corrected chi connectivity index (χ0v) is 15.4. The van der Waals surface area contributed by atoms with Gasteiger partial charge in [0.2, 0.25) is 5.91 Å². The van der Waals surface area contributed by atoms with Gasteiger partial charge in [-0.15, -0.1) is 11.3 Å². The van der Waals surface area contributed by atoms with E-state index in [-0.39, 0.29) is 12.5 Å². The number of carboxylic acids is 1. The molecule has 26 heavy (non-hydrogen) atoms. The number of hydrogen-bond acceptors (Lipinski definition) is 4. The molecular weight excluding hydrogens is 348 g/mol. The van der Waals surface area contributed by atoms with Crippen molar-refractivity contribution in [3.63, 3.8) is 0 Å².